The second-order valence-electron chi connectivity index (χ2n) is 4.18. The normalized spacial score (nSPS) is 12.9. The van der Waals surface area contributed by atoms with Crippen molar-refractivity contribution in [2.75, 3.05) is 18.5 Å². The summed E-state index contributed by atoms with van der Waals surface area (Å²) in [5.41, 5.74) is 5.98. The second-order valence-corrected chi connectivity index (χ2v) is 4.18. The van der Waals surface area contributed by atoms with Crippen LogP contribution in [0.15, 0.2) is 18.6 Å². The van der Waals surface area contributed by atoms with E-state index < -0.39 is 0 Å². The van der Waals surface area contributed by atoms with Gasteiger partial charge in [0.25, 0.3) is 0 Å². The van der Waals surface area contributed by atoms with Crippen molar-refractivity contribution < 1.29 is 0 Å². The Hall–Kier alpha value is -1.16. The summed E-state index contributed by atoms with van der Waals surface area (Å²) in [6.07, 6.45) is 6.12. The first-order valence-electron chi connectivity index (χ1n) is 5.34. The van der Waals surface area contributed by atoms with E-state index in [0.29, 0.717) is 5.92 Å². The molecule has 0 bridgehead atoms. The van der Waals surface area contributed by atoms with Gasteiger partial charge in [-0.3, -0.25) is 4.98 Å². The van der Waals surface area contributed by atoms with Crippen molar-refractivity contribution in [3.63, 3.8) is 0 Å². The number of hydrogen-bond acceptors (Lipinski definition) is 4. The van der Waals surface area contributed by atoms with Gasteiger partial charge in [-0.05, 0) is 12.3 Å². The molecule has 1 aromatic heterocycles. The van der Waals surface area contributed by atoms with Crippen LogP contribution >= 0.6 is 0 Å². The van der Waals surface area contributed by atoms with Gasteiger partial charge in [0.1, 0.15) is 5.82 Å². The van der Waals surface area contributed by atoms with Gasteiger partial charge in [0.05, 0.1) is 6.20 Å². The first-order valence-corrected chi connectivity index (χ1v) is 5.34. The van der Waals surface area contributed by atoms with Crippen LogP contribution in [0.25, 0.3) is 0 Å². The van der Waals surface area contributed by atoms with E-state index in [2.05, 4.69) is 28.7 Å². The minimum absolute atomic E-state index is 0.254. The summed E-state index contributed by atoms with van der Waals surface area (Å²) in [6, 6.07) is 0.254. The molecule has 4 nitrogen and oxygen atoms in total. The molecule has 0 saturated carbocycles. The molecule has 0 aliphatic heterocycles. The Morgan fingerprint density at radius 3 is 2.67 bits per heavy atom. The van der Waals surface area contributed by atoms with Gasteiger partial charge >= 0.3 is 0 Å². The second kappa shape index (κ2) is 5.66. The van der Waals surface area contributed by atoms with E-state index in [1.165, 1.54) is 0 Å². The Balaban J connectivity index is 2.40. The SMILES string of the molecule is CC(C)C(N)CCN(C)c1cnccn1. The maximum Gasteiger partial charge on any atom is 0.146 e. The monoisotopic (exact) mass is 208 g/mol. The molecule has 1 atom stereocenters. The zero-order valence-electron chi connectivity index (χ0n) is 9.72. The van der Waals surface area contributed by atoms with Crippen molar-refractivity contribution in [1.29, 1.82) is 0 Å². The molecule has 1 aromatic rings. The Labute approximate surface area is 91.5 Å². The molecule has 2 N–H and O–H groups in total. The minimum atomic E-state index is 0.254. The fourth-order valence-corrected chi connectivity index (χ4v) is 1.28. The van der Waals surface area contributed by atoms with E-state index in [1.807, 2.05) is 7.05 Å². The van der Waals surface area contributed by atoms with Crippen molar-refractivity contribution in [3.05, 3.63) is 18.6 Å². The van der Waals surface area contributed by atoms with E-state index in [9.17, 15) is 0 Å². The predicted octanol–water partition coefficient (Wildman–Crippen LogP) is 1.29. The van der Waals surface area contributed by atoms with Crippen LogP contribution in [0.5, 0.6) is 0 Å². The van der Waals surface area contributed by atoms with Crippen LogP contribution in [0.2, 0.25) is 0 Å². The quantitative estimate of drug-likeness (QED) is 0.792. The van der Waals surface area contributed by atoms with Gasteiger partial charge in [0.15, 0.2) is 0 Å². The van der Waals surface area contributed by atoms with E-state index in [4.69, 9.17) is 5.73 Å². The first-order chi connectivity index (χ1) is 7.11. The van der Waals surface area contributed by atoms with Crippen molar-refractivity contribution in [2.24, 2.45) is 11.7 Å². The third kappa shape index (κ3) is 3.83. The van der Waals surface area contributed by atoms with Crippen molar-refractivity contribution >= 4 is 5.82 Å². The number of aromatic nitrogens is 2. The summed E-state index contributed by atoms with van der Waals surface area (Å²) >= 11 is 0. The lowest BCUT2D eigenvalue weighted by atomic mass is 10.0. The molecular weight excluding hydrogens is 188 g/mol. The van der Waals surface area contributed by atoms with Crippen LogP contribution in [0.3, 0.4) is 0 Å². The van der Waals surface area contributed by atoms with Crippen molar-refractivity contribution in [1.82, 2.24) is 9.97 Å². The minimum Gasteiger partial charge on any atom is -0.358 e. The van der Waals surface area contributed by atoms with Gasteiger partial charge < -0.3 is 10.6 Å². The smallest absolute Gasteiger partial charge is 0.146 e. The number of anilines is 1. The van der Waals surface area contributed by atoms with Crippen LogP contribution in [0.1, 0.15) is 20.3 Å². The van der Waals surface area contributed by atoms with Crippen molar-refractivity contribution in [2.45, 2.75) is 26.3 Å². The van der Waals surface area contributed by atoms with E-state index in [1.54, 1.807) is 18.6 Å². The van der Waals surface area contributed by atoms with Crippen LogP contribution in [0, 0.1) is 5.92 Å². The molecule has 0 aliphatic rings. The summed E-state index contributed by atoms with van der Waals surface area (Å²) in [5.74, 6) is 1.42. The Bertz CT molecular complexity index is 273. The lowest BCUT2D eigenvalue weighted by molar-refractivity contribution is 0.465. The van der Waals surface area contributed by atoms with Gasteiger partial charge in [0.2, 0.25) is 0 Å². The molecule has 0 radical (unpaired) electrons. The number of hydrogen-bond donors (Lipinski definition) is 1. The highest BCUT2D eigenvalue weighted by Gasteiger charge is 2.09. The maximum atomic E-state index is 5.98. The molecule has 1 unspecified atom stereocenters. The molecule has 0 aliphatic carbocycles. The summed E-state index contributed by atoms with van der Waals surface area (Å²) in [5, 5.41) is 0. The average Bonchev–Trinajstić information content (AvgIpc) is 2.26. The third-order valence-corrected chi connectivity index (χ3v) is 2.59. The largest absolute Gasteiger partial charge is 0.358 e. The van der Waals surface area contributed by atoms with Crippen LogP contribution in [-0.2, 0) is 0 Å². The van der Waals surface area contributed by atoms with Gasteiger partial charge in [-0.1, -0.05) is 13.8 Å². The number of nitrogens with zero attached hydrogens (tertiary/aromatic N) is 3. The first kappa shape index (κ1) is 11.9. The molecule has 0 amide bonds. The fourth-order valence-electron chi connectivity index (χ4n) is 1.28. The zero-order chi connectivity index (χ0) is 11.3. The predicted molar refractivity (Wildman–Crippen MR) is 62.7 cm³/mol. The van der Waals surface area contributed by atoms with E-state index >= 15 is 0 Å². The third-order valence-electron chi connectivity index (χ3n) is 2.59. The molecule has 0 spiro atoms. The molecule has 4 heteroatoms. The Morgan fingerprint density at radius 1 is 1.40 bits per heavy atom. The van der Waals surface area contributed by atoms with Crippen LogP contribution in [0.4, 0.5) is 5.82 Å². The summed E-state index contributed by atoms with van der Waals surface area (Å²) in [6.45, 7) is 5.21. The Kier molecular flexibility index (Phi) is 4.49. The molecular formula is C11H20N4. The fraction of sp³-hybridized carbons (Fsp3) is 0.636. The molecule has 0 saturated heterocycles. The standard InChI is InChI=1S/C11H20N4/c1-9(2)10(12)4-7-15(3)11-8-13-5-6-14-11/h5-6,8-10H,4,7,12H2,1-3H3. The Morgan fingerprint density at radius 2 is 2.13 bits per heavy atom. The highest BCUT2D eigenvalue weighted by molar-refractivity contribution is 5.33. The average molecular weight is 208 g/mol. The van der Waals surface area contributed by atoms with E-state index in [-0.39, 0.29) is 6.04 Å². The summed E-state index contributed by atoms with van der Waals surface area (Å²) in [7, 11) is 2.01. The van der Waals surface area contributed by atoms with Crippen molar-refractivity contribution in [3.8, 4) is 0 Å². The summed E-state index contributed by atoms with van der Waals surface area (Å²) < 4.78 is 0. The number of nitrogens with two attached hydrogens (primary N) is 1. The van der Waals surface area contributed by atoms with E-state index in [0.717, 1.165) is 18.8 Å². The highest BCUT2D eigenvalue weighted by Crippen LogP contribution is 2.08. The lowest BCUT2D eigenvalue weighted by Crippen LogP contribution is -2.32. The molecule has 1 rings (SSSR count). The molecule has 0 fully saturated rings. The molecule has 15 heavy (non-hydrogen) atoms. The van der Waals surface area contributed by atoms with Crippen LogP contribution < -0.4 is 10.6 Å². The van der Waals surface area contributed by atoms with Gasteiger partial charge in [-0.15, -0.1) is 0 Å². The number of rotatable bonds is 5. The topological polar surface area (TPSA) is 55.0 Å². The van der Waals surface area contributed by atoms with Gasteiger partial charge in [0, 0.05) is 32.0 Å². The zero-order valence-corrected chi connectivity index (χ0v) is 9.72. The summed E-state index contributed by atoms with van der Waals surface area (Å²) in [4.78, 5) is 10.3. The van der Waals surface area contributed by atoms with Crippen LogP contribution in [-0.4, -0.2) is 29.6 Å². The molecule has 0 aromatic carbocycles. The van der Waals surface area contributed by atoms with Gasteiger partial charge in [-0.2, -0.15) is 0 Å². The highest BCUT2D eigenvalue weighted by atomic mass is 15.2. The maximum absolute atomic E-state index is 5.98. The van der Waals surface area contributed by atoms with Gasteiger partial charge in [-0.25, -0.2) is 4.98 Å². The molecule has 1 heterocycles. The molecule has 84 valence electrons. The lowest BCUT2D eigenvalue weighted by Gasteiger charge is -2.21.